The summed E-state index contributed by atoms with van der Waals surface area (Å²) in [4.78, 5) is 56.1. The minimum absolute atomic E-state index is 0.0135. The first kappa shape index (κ1) is 96.9. The van der Waals surface area contributed by atoms with E-state index in [-0.39, 0.29) is 80.2 Å². The first-order valence-electron chi connectivity index (χ1n) is 38.4. The number of thiophene rings is 4. The molecule has 17 rings (SSSR count). The predicted molar refractivity (Wildman–Crippen MR) is 473 cm³/mol. The third-order valence-corrected chi connectivity index (χ3v) is 35.9. The molecule has 0 saturated carbocycles. The molecular weight excluding hydrogens is 1970 g/mol. The van der Waals surface area contributed by atoms with Crippen molar-refractivity contribution in [3.63, 3.8) is 0 Å². The normalized spacial score (nSPS) is 16.0. The first-order chi connectivity index (χ1) is 61.7. The number of carbonyl (C=O) groups is 4. The Morgan fingerprint density at radius 2 is 0.917 bits per heavy atom. The van der Waals surface area contributed by atoms with Gasteiger partial charge in [0, 0.05) is 164 Å². The monoisotopic (exact) mass is 2030 g/mol. The number of anilines is 2. The van der Waals surface area contributed by atoms with Crippen LogP contribution in [0, 0.1) is 48.0 Å². The number of hydroxylamine groups is 2. The summed E-state index contributed by atoms with van der Waals surface area (Å²) in [6.45, 7) is 15.2. The molecule has 10 aromatic rings. The Kier molecular flexibility index (Phi) is 25.9. The molecule has 6 aromatic carbocycles. The largest absolute Gasteiger partial charge is 0.744 e. The van der Waals surface area contributed by atoms with Crippen LogP contribution in [0.4, 0.5) is 28.9 Å². The highest BCUT2D eigenvalue weighted by Crippen LogP contribution is 2.59. The maximum Gasteiger partial charge on any atom is 0.343 e. The van der Waals surface area contributed by atoms with Gasteiger partial charge in [-0.2, -0.15) is 8.67 Å². The fraction of sp³-hybridized carbons (Fsp3) is 0.262. The maximum atomic E-state index is 17.6. The van der Waals surface area contributed by atoms with Crippen molar-refractivity contribution in [2.75, 3.05) is 62.6 Å². The second-order valence-corrected chi connectivity index (χ2v) is 46.2. The molecule has 1 fully saturated rings. The molecule has 0 atom stereocenters. The molecule has 3 amide bonds. The molecule has 132 heavy (non-hydrogen) atoms. The van der Waals surface area contributed by atoms with E-state index in [0.29, 0.717) is 172 Å². The lowest BCUT2D eigenvalue weighted by atomic mass is 9.83. The molecule has 11 heterocycles. The highest BCUT2D eigenvalue weighted by molar-refractivity contribution is 8.00. The summed E-state index contributed by atoms with van der Waals surface area (Å²) < 4.78 is 248. The molecule has 0 bridgehead atoms. The number of hydrogen-bond acceptors (Lipinski definition) is 36. The van der Waals surface area contributed by atoms with Crippen LogP contribution >= 0.6 is 93.0 Å². The summed E-state index contributed by atoms with van der Waals surface area (Å²) in [7, 11) is -14.5. The van der Waals surface area contributed by atoms with Crippen LogP contribution in [-0.4, -0.2) is 133 Å². The third kappa shape index (κ3) is 16.9. The minimum atomic E-state index is -5.89. The molecule has 7 aliphatic heterocycles. The Hall–Kier alpha value is -9.66. The van der Waals surface area contributed by atoms with Crippen molar-refractivity contribution in [1.29, 1.82) is 0 Å². The predicted octanol–water partition coefficient (Wildman–Crippen LogP) is 8.86. The fourth-order valence-electron chi connectivity index (χ4n) is 16.3. The molecule has 0 unspecified atom stereocenters. The van der Waals surface area contributed by atoms with Crippen LogP contribution in [0.3, 0.4) is 0 Å². The Bertz CT molecular complexity index is 7610. The maximum absolute atomic E-state index is 17.6. The highest BCUT2D eigenvalue weighted by atomic mass is 32.3. The smallest absolute Gasteiger partial charge is 0.343 e. The van der Waals surface area contributed by atoms with E-state index in [0.717, 1.165) is 11.1 Å². The number of benzene rings is 6. The number of rotatable bonds is 20. The van der Waals surface area contributed by atoms with Crippen molar-refractivity contribution < 1.29 is 132 Å². The van der Waals surface area contributed by atoms with Crippen LogP contribution < -0.4 is 71.1 Å². The van der Waals surface area contributed by atoms with Gasteiger partial charge in [0.05, 0.1) is 101 Å². The van der Waals surface area contributed by atoms with Crippen molar-refractivity contribution >= 4 is 180 Å². The Morgan fingerprint density at radius 1 is 0.530 bits per heavy atom. The Morgan fingerprint density at radius 3 is 1.28 bits per heavy atom. The molecule has 3 N–H and O–H groups in total. The van der Waals surface area contributed by atoms with Crippen molar-refractivity contribution in [2.45, 2.75) is 127 Å². The number of amides is 3. The van der Waals surface area contributed by atoms with Gasteiger partial charge < -0.3 is 63.9 Å². The number of halogens is 4. The highest BCUT2D eigenvalue weighted by Gasteiger charge is 2.48. The van der Waals surface area contributed by atoms with Crippen molar-refractivity contribution in [3.8, 4) is 89.4 Å². The van der Waals surface area contributed by atoms with E-state index in [1.54, 1.807) is 88.1 Å². The lowest BCUT2D eigenvalue weighted by Crippen LogP contribution is -2.46. The summed E-state index contributed by atoms with van der Waals surface area (Å²) in [6, 6.07) is 19.6. The number of nitrogens with two attached hydrogens (primary N) is 1. The quantitative estimate of drug-likeness (QED) is 0.00827. The molecule has 32 nitrogen and oxygen atoms in total. The van der Waals surface area contributed by atoms with Crippen molar-refractivity contribution in [1.82, 2.24) is 19.5 Å². The Labute approximate surface area is 783 Å². The standard InChI is InChI=1S/C41H33F2N3O14S6.C40H33F2N3O11S6.C3H5N/c1-40(2)21-11-32(64-60-59-50)62-37(21)17-9-19-26(14-24(17)44(40)5)57-27-15-25-18(38-22(41(3,4)45(25)6)12-33(63-38)65(51,52)53)10-20(27)34(19)35-36(43)28(13-23(42)39(35)66(54,55)56)61-16-31(49)58-46-29(47)7-8-30(46)48;1-8-9-43-30(46)17-57-29-14-24(41)38(62(51,52)53)34(35(29)42)33-20-10-18-25(44(6)39(2,3)22-12-31(58-36(18)22)60-56-55-47)15-27(20)54-28-16-26-19(11-21(28)33)37-23(40(4,5)45(26)7)13-32(59-37)61(48,49)50;1-2-3-4/h9-15H,7-8,16H2,1-6H3,(H2-,50,51,52,53,54,55,56);1,10-16H,9,17H2,2-7H3,(H3-,43,46,47,48,49,50,51,52,53);1H,3-4H2/p-4. The second-order valence-electron chi connectivity index (χ2n) is 32.1. The summed E-state index contributed by atoms with van der Waals surface area (Å²) in [5.41, 5.74) is 4.23. The van der Waals surface area contributed by atoms with Gasteiger partial charge in [-0.15, -0.1) is 86.8 Å². The molecule has 0 aliphatic carbocycles. The van der Waals surface area contributed by atoms with Crippen molar-refractivity contribution in [2.24, 2.45) is 5.73 Å². The molecule has 692 valence electrons. The van der Waals surface area contributed by atoms with Gasteiger partial charge in [0.2, 0.25) is 16.6 Å². The van der Waals surface area contributed by atoms with E-state index in [2.05, 4.69) is 42.3 Å². The van der Waals surface area contributed by atoms with Gasteiger partial charge in [-0.3, -0.25) is 24.5 Å². The number of imide groups is 1. The van der Waals surface area contributed by atoms with Gasteiger partial charge in [0.25, 0.3) is 11.8 Å². The zero-order valence-corrected chi connectivity index (χ0v) is 80.2. The van der Waals surface area contributed by atoms with Gasteiger partial charge in [-0.1, -0.05) is 11.8 Å². The number of hydrogen-bond donors (Lipinski definition) is 2. The zero-order valence-electron chi connectivity index (χ0n) is 70.4. The fourth-order valence-corrected chi connectivity index (χ4v) is 26.9. The molecular formula is C84H67F4N7O25S12-4. The summed E-state index contributed by atoms with van der Waals surface area (Å²) >= 11 is 6.04. The van der Waals surface area contributed by atoms with E-state index in [4.69, 9.17) is 26.5 Å². The molecule has 1 saturated heterocycles. The molecule has 48 heteroatoms. The number of fused-ring (bicyclic) bond motifs is 16. The second kappa shape index (κ2) is 35.2. The molecule has 0 spiro atoms. The van der Waals surface area contributed by atoms with Crippen LogP contribution in [0.15, 0.2) is 121 Å². The number of nitrogens with zero attached hydrogens (tertiary/aromatic N) is 5. The van der Waals surface area contributed by atoms with Crippen LogP contribution in [0.2, 0.25) is 0 Å². The number of carbonyl (C=O) groups excluding carboxylic acids is 4. The SMILES string of the molecule is C#CCN.C#CCNC(=O)CSc1cc(F)c(S(=O)(=O)[O-])c(C2=c3cc4c(cc3Oc3cc5c(cc32)-c2sc(SOO[O-])cc2C(C)(C)N5C)=[N+](C)C(C)(C)c2cc(S(=O)(=O)[O-])sc2-4)c1F.CN1c2cc3c(cc2-c2sc(SOO[O-])cc2C1(C)C)C(c1c(F)c(SCC(=O)ON2C(=O)CCC2=O)cc(F)c1S(=O)(=O)[O-])=c1cc2c(cc1O3)=[N+](C)C(C)(C)c1cc(S(=O)(=O)[O-])sc1-2. The first-order valence-corrected chi connectivity index (χ1v) is 50.8. The topological polar surface area (TPSA) is 462 Å². The summed E-state index contributed by atoms with van der Waals surface area (Å²) in [5, 5.41) is 32.2. The van der Waals surface area contributed by atoms with Gasteiger partial charge in [0.1, 0.15) is 119 Å². The molecule has 7 aliphatic rings. The van der Waals surface area contributed by atoms with Gasteiger partial charge in [0.15, 0.2) is 11.1 Å². The average Bonchev–Trinajstić information content (AvgIpc) is 1.24. The van der Waals surface area contributed by atoms with E-state index in [9.17, 15) is 81.6 Å². The number of thioether (sulfide) groups is 2. The number of nitrogens with one attached hydrogen (secondary N) is 1. The lowest BCUT2D eigenvalue weighted by molar-refractivity contribution is -0.777. The molecule has 0 radical (unpaired) electrons. The average molecular weight is 2040 g/mol. The van der Waals surface area contributed by atoms with Gasteiger partial charge in [-0.05, 0) is 99.5 Å². The summed E-state index contributed by atoms with van der Waals surface area (Å²) in [6.07, 6.45) is 9.47. The Balaban J connectivity index is 0.000000194. The van der Waals surface area contributed by atoms with Crippen LogP contribution in [-0.2, 0) is 105 Å². The van der Waals surface area contributed by atoms with Gasteiger partial charge >= 0.3 is 5.97 Å². The van der Waals surface area contributed by atoms with E-state index < -0.39 is 160 Å². The number of ether oxygens (including phenoxy) is 2. The number of terminal acetylenes is 2. The molecule has 4 aromatic heterocycles. The minimum Gasteiger partial charge on any atom is -0.744 e. The van der Waals surface area contributed by atoms with Gasteiger partial charge in [-0.25, -0.2) is 65.2 Å². The third-order valence-electron chi connectivity index (χ3n) is 23.6. The van der Waals surface area contributed by atoms with E-state index in [1.165, 1.54) is 46.9 Å². The van der Waals surface area contributed by atoms with Crippen LogP contribution in [0.25, 0.3) is 52.9 Å². The van der Waals surface area contributed by atoms with E-state index >= 15 is 17.6 Å². The van der Waals surface area contributed by atoms with E-state index in [1.807, 2.05) is 63.0 Å². The lowest BCUT2D eigenvalue weighted by Gasteiger charge is -2.43. The van der Waals surface area contributed by atoms with Crippen LogP contribution in [0.5, 0.6) is 23.0 Å². The van der Waals surface area contributed by atoms with Crippen LogP contribution in [0.1, 0.15) is 113 Å². The zero-order chi connectivity index (χ0) is 96.2. The van der Waals surface area contributed by atoms with Crippen molar-refractivity contribution in [3.05, 3.63) is 174 Å². The summed E-state index contributed by atoms with van der Waals surface area (Å²) in [5.74, 6) is -6.23.